The molecule has 18 heavy (non-hydrogen) atoms. The minimum atomic E-state index is 0.339. The lowest BCUT2D eigenvalue weighted by Crippen LogP contribution is -2.49. The van der Waals surface area contributed by atoms with Gasteiger partial charge in [0.05, 0.1) is 0 Å². The van der Waals surface area contributed by atoms with Crippen molar-refractivity contribution in [2.45, 2.75) is 60.8 Å². The van der Waals surface area contributed by atoms with Crippen molar-refractivity contribution in [3.63, 3.8) is 0 Å². The van der Waals surface area contributed by atoms with Gasteiger partial charge in [-0.2, -0.15) is 0 Å². The van der Waals surface area contributed by atoms with E-state index in [1.54, 1.807) is 5.57 Å². The molecule has 0 bridgehead atoms. The molecule has 0 saturated carbocycles. The Kier molecular flexibility index (Phi) is 3.51. The number of hydrogen-bond donors (Lipinski definition) is 0. The van der Waals surface area contributed by atoms with Crippen molar-refractivity contribution in [3.8, 4) is 0 Å². The van der Waals surface area contributed by atoms with Gasteiger partial charge in [0.15, 0.2) is 0 Å². The third kappa shape index (κ3) is 1.89. The van der Waals surface area contributed by atoms with E-state index in [1.165, 1.54) is 19.3 Å². The van der Waals surface area contributed by atoms with Crippen molar-refractivity contribution in [2.75, 3.05) is 0 Å². The SMILES string of the molecule is CCC1C(C)C=CC(C)(C)C12CC=C(C)C(C)C2. The summed E-state index contributed by atoms with van der Waals surface area (Å²) in [4.78, 5) is 0. The lowest BCUT2D eigenvalue weighted by atomic mass is 9.47. The summed E-state index contributed by atoms with van der Waals surface area (Å²) < 4.78 is 0. The van der Waals surface area contributed by atoms with Crippen LogP contribution in [0, 0.1) is 28.6 Å². The van der Waals surface area contributed by atoms with E-state index < -0.39 is 0 Å². The molecule has 0 aromatic carbocycles. The first kappa shape index (κ1) is 13.9. The quantitative estimate of drug-likeness (QED) is 0.528. The second-order valence-corrected chi connectivity index (χ2v) is 7.37. The number of allylic oxidation sites excluding steroid dienone is 4. The first-order chi connectivity index (χ1) is 8.34. The molecule has 4 unspecified atom stereocenters. The zero-order chi connectivity index (χ0) is 13.6. The molecular formula is C18H30. The second kappa shape index (κ2) is 4.54. The highest BCUT2D eigenvalue weighted by Gasteiger charge is 2.52. The van der Waals surface area contributed by atoms with Gasteiger partial charge in [0, 0.05) is 0 Å². The Labute approximate surface area is 114 Å². The van der Waals surface area contributed by atoms with Crippen LogP contribution in [0.5, 0.6) is 0 Å². The summed E-state index contributed by atoms with van der Waals surface area (Å²) >= 11 is 0. The van der Waals surface area contributed by atoms with Crippen LogP contribution >= 0.6 is 0 Å². The van der Waals surface area contributed by atoms with E-state index in [0.717, 1.165) is 17.8 Å². The van der Waals surface area contributed by atoms with Crippen molar-refractivity contribution in [3.05, 3.63) is 23.8 Å². The topological polar surface area (TPSA) is 0 Å². The average Bonchev–Trinajstić information content (AvgIpc) is 2.30. The molecule has 0 heterocycles. The minimum absolute atomic E-state index is 0.339. The maximum Gasteiger partial charge on any atom is -0.0112 e. The van der Waals surface area contributed by atoms with Crippen molar-refractivity contribution in [1.82, 2.24) is 0 Å². The molecule has 1 spiro atoms. The smallest absolute Gasteiger partial charge is 0.0112 e. The Morgan fingerprint density at radius 3 is 2.50 bits per heavy atom. The van der Waals surface area contributed by atoms with Gasteiger partial charge in [0.2, 0.25) is 0 Å². The Balaban J connectivity index is 2.47. The molecule has 2 aliphatic rings. The van der Waals surface area contributed by atoms with Gasteiger partial charge in [0.25, 0.3) is 0 Å². The molecule has 4 atom stereocenters. The van der Waals surface area contributed by atoms with Crippen LogP contribution in [0.15, 0.2) is 23.8 Å². The molecule has 0 aromatic heterocycles. The van der Waals surface area contributed by atoms with Crippen LogP contribution in [-0.2, 0) is 0 Å². The first-order valence-electron chi connectivity index (χ1n) is 7.70. The van der Waals surface area contributed by atoms with E-state index >= 15 is 0 Å². The Morgan fingerprint density at radius 1 is 1.28 bits per heavy atom. The van der Waals surface area contributed by atoms with Crippen LogP contribution in [0.25, 0.3) is 0 Å². The van der Waals surface area contributed by atoms with E-state index in [4.69, 9.17) is 0 Å². The Morgan fingerprint density at radius 2 is 1.94 bits per heavy atom. The van der Waals surface area contributed by atoms with Crippen LogP contribution in [0.2, 0.25) is 0 Å². The molecule has 2 aliphatic carbocycles. The summed E-state index contributed by atoms with van der Waals surface area (Å²) in [5.41, 5.74) is 2.43. The third-order valence-corrected chi connectivity index (χ3v) is 6.12. The van der Waals surface area contributed by atoms with Crippen LogP contribution in [-0.4, -0.2) is 0 Å². The van der Waals surface area contributed by atoms with Gasteiger partial charge < -0.3 is 0 Å². The van der Waals surface area contributed by atoms with E-state index in [0.29, 0.717) is 10.8 Å². The number of hydrogen-bond acceptors (Lipinski definition) is 0. The molecule has 0 fully saturated rings. The summed E-state index contributed by atoms with van der Waals surface area (Å²) in [7, 11) is 0. The fraction of sp³-hybridized carbons (Fsp3) is 0.778. The predicted octanol–water partition coefficient (Wildman–Crippen LogP) is 5.61. The zero-order valence-electron chi connectivity index (χ0n) is 13.1. The van der Waals surface area contributed by atoms with Crippen molar-refractivity contribution < 1.29 is 0 Å². The van der Waals surface area contributed by atoms with Gasteiger partial charge in [-0.05, 0) is 48.3 Å². The summed E-state index contributed by atoms with van der Waals surface area (Å²) in [5, 5.41) is 0. The average molecular weight is 246 g/mol. The van der Waals surface area contributed by atoms with Gasteiger partial charge in [-0.1, -0.05) is 64.8 Å². The highest BCUT2D eigenvalue weighted by Crippen LogP contribution is 2.60. The normalized spacial score (nSPS) is 43.0. The van der Waals surface area contributed by atoms with E-state index in [1.807, 2.05) is 0 Å². The Hall–Kier alpha value is -0.520. The maximum absolute atomic E-state index is 2.53. The van der Waals surface area contributed by atoms with Gasteiger partial charge in [-0.15, -0.1) is 0 Å². The largest absolute Gasteiger partial charge is 0.0848 e. The van der Waals surface area contributed by atoms with Gasteiger partial charge in [-0.3, -0.25) is 0 Å². The first-order valence-corrected chi connectivity index (χ1v) is 7.70. The zero-order valence-corrected chi connectivity index (χ0v) is 13.1. The van der Waals surface area contributed by atoms with Crippen LogP contribution in [0.4, 0.5) is 0 Å². The van der Waals surface area contributed by atoms with Gasteiger partial charge >= 0.3 is 0 Å². The lowest BCUT2D eigenvalue weighted by molar-refractivity contribution is -0.0201. The number of rotatable bonds is 1. The monoisotopic (exact) mass is 246 g/mol. The van der Waals surface area contributed by atoms with Crippen molar-refractivity contribution in [2.24, 2.45) is 28.6 Å². The standard InChI is InChI=1S/C18H30/c1-7-16-14(3)8-10-17(5,6)18(16)11-9-13(2)15(4)12-18/h8-10,14-16H,7,11-12H2,1-6H3. The summed E-state index contributed by atoms with van der Waals surface area (Å²) in [5.74, 6) is 2.33. The second-order valence-electron chi connectivity index (χ2n) is 7.37. The van der Waals surface area contributed by atoms with Crippen LogP contribution in [0.3, 0.4) is 0 Å². The summed E-state index contributed by atoms with van der Waals surface area (Å²) in [6.07, 6.45) is 11.5. The highest BCUT2D eigenvalue weighted by molar-refractivity contribution is 5.22. The molecule has 0 nitrogen and oxygen atoms in total. The molecule has 0 N–H and O–H groups in total. The molecule has 102 valence electrons. The molecule has 0 aromatic rings. The summed E-state index contributed by atoms with van der Waals surface area (Å²) in [6, 6.07) is 0. The predicted molar refractivity (Wildman–Crippen MR) is 80.5 cm³/mol. The fourth-order valence-corrected chi connectivity index (χ4v) is 4.60. The van der Waals surface area contributed by atoms with Crippen LogP contribution < -0.4 is 0 Å². The molecule has 2 rings (SSSR count). The highest BCUT2D eigenvalue weighted by atomic mass is 14.6. The van der Waals surface area contributed by atoms with Crippen molar-refractivity contribution >= 4 is 0 Å². The molecule has 0 amide bonds. The third-order valence-electron chi connectivity index (χ3n) is 6.12. The van der Waals surface area contributed by atoms with E-state index in [-0.39, 0.29) is 0 Å². The molecule has 0 aliphatic heterocycles. The van der Waals surface area contributed by atoms with Gasteiger partial charge in [0.1, 0.15) is 0 Å². The minimum Gasteiger partial charge on any atom is -0.0848 e. The van der Waals surface area contributed by atoms with E-state index in [2.05, 4.69) is 59.8 Å². The fourth-order valence-electron chi connectivity index (χ4n) is 4.60. The maximum atomic E-state index is 2.53. The molecule has 0 radical (unpaired) electrons. The van der Waals surface area contributed by atoms with E-state index in [9.17, 15) is 0 Å². The van der Waals surface area contributed by atoms with Crippen molar-refractivity contribution in [1.29, 1.82) is 0 Å². The molecule has 0 saturated heterocycles. The lowest BCUT2D eigenvalue weighted by Gasteiger charge is -2.57. The van der Waals surface area contributed by atoms with Crippen LogP contribution in [0.1, 0.15) is 60.8 Å². The Bertz CT molecular complexity index is 371. The molecular weight excluding hydrogens is 216 g/mol. The molecule has 0 heteroatoms. The summed E-state index contributed by atoms with van der Waals surface area (Å²) in [6.45, 7) is 14.4. The van der Waals surface area contributed by atoms with Gasteiger partial charge in [-0.25, -0.2) is 0 Å².